The molecule has 5 nitrogen and oxygen atoms in total. The van der Waals surface area contributed by atoms with Gasteiger partial charge in [0.15, 0.2) is 0 Å². The van der Waals surface area contributed by atoms with Crippen molar-refractivity contribution in [2.45, 2.75) is 83.7 Å². The van der Waals surface area contributed by atoms with Crippen molar-refractivity contribution in [2.24, 2.45) is 0 Å². The van der Waals surface area contributed by atoms with Crippen LogP contribution in [-0.2, 0) is 14.6 Å². The molecule has 6 heteroatoms. The molecule has 0 bridgehead atoms. The third-order valence-electron chi connectivity index (χ3n) is 4.23. The zero-order valence-corrected chi connectivity index (χ0v) is 20.1. The normalized spacial score (nSPS) is 12.9. The average molecular weight is 431 g/mol. The molecule has 0 saturated heterocycles. The number of hydrogen-bond donors (Lipinski definition) is 1. The minimum Gasteiger partial charge on any atom is -0.333 e. The van der Waals surface area contributed by atoms with Gasteiger partial charge in [0.1, 0.15) is 6.10 Å². The first-order valence-corrected chi connectivity index (χ1v) is 12.4. The van der Waals surface area contributed by atoms with Gasteiger partial charge in [-0.1, -0.05) is 101 Å². The summed E-state index contributed by atoms with van der Waals surface area (Å²) < 4.78 is 36.9. The fourth-order valence-electron chi connectivity index (χ4n) is 2.90. The summed E-state index contributed by atoms with van der Waals surface area (Å²) in [5.74, 6) is 0. The lowest BCUT2D eigenvalue weighted by molar-refractivity contribution is -0.849. The number of benzene rings is 1. The van der Waals surface area contributed by atoms with Gasteiger partial charge in [-0.05, 0) is 12.0 Å². The molecule has 0 radical (unpaired) electrons. The van der Waals surface area contributed by atoms with Gasteiger partial charge in [-0.2, -0.15) is 8.42 Å². The van der Waals surface area contributed by atoms with Gasteiger partial charge in [-0.15, -0.1) is 0 Å². The van der Waals surface area contributed by atoms with Crippen LogP contribution in [0.5, 0.6) is 0 Å². The molecule has 1 aromatic rings. The lowest BCUT2D eigenvalue weighted by atomic mass is 10.0. The molecule has 0 spiro atoms. The largest absolute Gasteiger partial charge is 0.397 e. The molecule has 0 fully saturated rings. The highest BCUT2D eigenvalue weighted by Crippen LogP contribution is 2.25. The lowest BCUT2D eigenvalue weighted by Crippen LogP contribution is -2.27. The van der Waals surface area contributed by atoms with E-state index in [4.69, 9.17) is 8.74 Å². The van der Waals surface area contributed by atoms with Crippen LogP contribution >= 0.6 is 0 Å². The second-order valence-electron chi connectivity index (χ2n) is 9.08. The van der Waals surface area contributed by atoms with Gasteiger partial charge >= 0.3 is 10.4 Å². The topological polar surface area (TPSA) is 63.6 Å². The summed E-state index contributed by atoms with van der Waals surface area (Å²) in [6, 6.07) is 9.20. The first-order chi connectivity index (χ1) is 13.5. The van der Waals surface area contributed by atoms with Crippen molar-refractivity contribution in [1.29, 1.82) is 0 Å². The second kappa shape index (κ2) is 15.8. The highest BCUT2D eigenvalue weighted by Gasteiger charge is 2.18. The van der Waals surface area contributed by atoms with Crippen LogP contribution in [0.2, 0.25) is 0 Å². The molecule has 170 valence electrons. The van der Waals surface area contributed by atoms with E-state index in [2.05, 4.69) is 35.1 Å². The SMILES string of the molecule is CCCCCCCCCCCCC(OS(=O)(=O)O)c1ccccc1.C[N+](C)(C)C. The number of nitrogens with zero attached hydrogens (tertiary/aromatic N) is 1. The summed E-state index contributed by atoms with van der Waals surface area (Å²) in [6.45, 7) is 2.23. The number of rotatable bonds is 14. The van der Waals surface area contributed by atoms with Gasteiger partial charge in [-0.25, -0.2) is 4.18 Å². The zero-order valence-electron chi connectivity index (χ0n) is 19.3. The van der Waals surface area contributed by atoms with Crippen molar-refractivity contribution < 1.29 is 21.6 Å². The predicted molar refractivity (Wildman–Crippen MR) is 122 cm³/mol. The summed E-state index contributed by atoms with van der Waals surface area (Å²) in [7, 11) is 4.07. The minimum atomic E-state index is -4.43. The number of unbranched alkanes of at least 4 members (excludes halogenated alkanes) is 9. The predicted octanol–water partition coefficient (Wildman–Crippen LogP) is 6.18. The number of hydrogen-bond acceptors (Lipinski definition) is 3. The third kappa shape index (κ3) is 21.6. The Morgan fingerprint density at radius 1 is 0.828 bits per heavy atom. The van der Waals surface area contributed by atoms with E-state index in [9.17, 15) is 8.42 Å². The molecule has 1 atom stereocenters. The maximum Gasteiger partial charge on any atom is 0.397 e. The molecule has 0 saturated carbocycles. The fourth-order valence-corrected chi connectivity index (χ4v) is 3.40. The Balaban J connectivity index is 0.00000139. The molecule has 0 amide bonds. The summed E-state index contributed by atoms with van der Waals surface area (Å²) in [4.78, 5) is 0. The van der Waals surface area contributed by atoms with Crippen molar-refractivity contribution in [1.82, 2.24) is 0 Å². The molecule has 1 N–H and O–H groups in total. The number of quaternary nitrogens is 1. The monoisotopic (exact) mass is 430 g/mol. The van der Waals surface area contributed by atoms with Gasteiger partial charge in [-0.3, -0.25) is 4.55 Å². The van der Waals surface area contributed by atoms with Crippen LogP contribution in [0.15, 0.2) is 30.3 Å². The third-order valence-corrected chi connectivity index (χ3v) is 4.70. The smallest absolute Gasteiger partial charge is 0.333 e. The van der Waals surface area contributed by atoms with Crippen molar-refractivity contribution in [3.63, 3.8) is 0 Å². The molecular weight excluding hydrogens is 386 g/mol. The van der Waals surface area contributed by atoms with E-state index in [0.717, 1.165) is 22.9 Å². The standard InChI is InChI=1S/C19H32O4S.C4H12N/c1-2-3-4-5-6-7-8-9-10-14-17-19(23-24(20,21)22)18-15-12-11-13-16-18;1-5(2,3)4/h11-13,15-16,19H,2-10,14,17H2,1H3,(H,20,21,22);1-4H3/q;+1. The van der Waals surface area contributed by atoms with Crippen LogP contribution in [-0.4, -0.2) is 45.6 Å². The Bertz CT molecular complexity index is 591. The van der Waals surface area contributed by atoms with Crippen LogP contribution < -0.4 is 0 Å². The van der Waals surface area contributed by atoms with Gasteiger partial charge in [0.05, 0.1) is 28.2 Å². The maximum absolute atomic E-state index is 11.0. The van der Waals surface area contributed by atoms with Crippen molar-refractivity contribution in [3.8, 4) is 0 Å². The van der Waals surface area contributed by atoms with Gasteiger partial charge in [0.2, 0.25) is 0 Å². The Hall–Kier alpha value is -0.950. The Morgan fingerprint density at radius 2 is 1.24 bits per heavy atom. The van der Waals surface area contributed by atoms with Gasteiger partial charge in [0, 0.05) is 0 Å². The summed E-state index contributed by atoms with van der Waals surface area (Å²) in [6.07, 6.45) is 12.3. The lowest BCUT2D eigenvalue weighted by Gasteiger charge is -2.15. The van der Waals surface area contributed by atoms with Crippen molar-refractivity contribution in [2.75, 3.05) is 28.2 Å². The maximum atomic E-state index is 11.0. The second-order valence-corrected chi connectivity index (χ2v) is 10.1. The van der Waals surface area contributed by atoms with E-state index < -0.39 is 16.5 Å². The molecule has 0 aromatic heterocycles. The fraction of sp³-hybridized carbons (Fsp3) is 0.739. The van der Waals surface area contributed by atoms with Crippen molar-refractivity contribution in [3.05, 3.63) is 35.9 Å². The molecule has 1 aromatic carbocycles. The van der Waals surface area contributed by atoms with Crippen molar-refractivity contribution >= 4 is 10.4 Å². The van der Waals surface area contributed by atoms with Gasteiger partial charge in [0.25, 0.3) is 0 Å². The molecule has 0 aliphatic carbocycles. The minimum absolute atomic E-state index is 0.598. The Labute approximate surface area is 180 Å². The van der Waals surface area contributed by atoms with E-state index in [1.807, 2.05) is 30.3 Å². The molecule has 0 aliphatic rings. The molecule has 0 aliphatic heterocycles. The first kappa shape index (κ1) is 28.1. The van der Waals surface area contributed by atoms with E-state index in [1.54, 1.807) is 0 Å². The van der Waals surface area contributed by atoms with Gasteiger partial charge < -0.3 is 4.48 Å². The van der Waals surface area contributed by atoms with E-state index in [0.29, 0.717) is 6.42 Å². The highest BCUT2D eigenvalue weighted by atomic mass is 32.3. The van der Waals surface area contributed by atoms with E-state index >= 15 is 0 Å². The van der Waals surface area contributed by atoms with E-state index in [1.165, 1.54) is 51.4 Å². The average Bonchev–Trinajstić information content (AvgIpc) is 2.60. The molecule has 1 rings (SSSR count). The van der Waals surface area contributed by atoms with Crippen LogP contribution in [0.25, 0.3) is 0 Å². The van der Waals surface area contributed by atoms with Crippen LogP contribution in [0.3, 0.4) is 0 Å². The summed E-state index contributed by atoms with van der Waals surface area (Å²) >= 11 is 0. The van der Waals surface area contributed by atoms with Crippen LogP contribution in [0.1, 0.15) is 89.2 Å². The quantitative estimate of drug-likeness (QED) is 0.217. The molecule has 29 heavy (non-hydrogen) atoms. The molecule has 1 unspecified atom stereocenters. The molecular formula is C23H44NO4S+. The zero-order chi connectivity index (χ0) is 22.2. The Morgan fingerprint density at radius 3 is 1.66 bits per heavy atom. The highest BCUT2D eigenvalue weighted by molar-refractivity contribution is 7.80. The first-order valence-electron chi connectivity index (χ1n) is 11.0. The molecule has 0 heterocycles. The van der Waals surface area contributed by atoms with E-state index in [-0.39, 0.29) is 0 Å². The summed E-state index contributed by atoms with van der Waals surface area (Å²) in [5, 5.41) is 0. The van der Waals surface area contributed by atoms with Crippen LogP contribution in [0.4, 0.5) is 0 Å². The summed E-state index contributed by atoms with van der Waals surface area (Å²) in [5.41, 5.74) is 0.783. The Kier molecular flexibility index (Phi) is 15.3. The van der Waals surface area contributed by atoms with Crippen LogP contribution in [0, 0.1) is 0 Å².